The van der Waals surface area contributed by atoms with Crippen molar-refractivity contribution in [3.05, 3.63) is 71.7 Å². The molecule has 9 heteroatoms. The summed E-state index contributed by atoms with van der Waals surface area (Å²) < 4.78 is 10.2. The van der Waals surface area contributed by atoms with Crippen LogP contribution in [0.1, 0.15) is 11.3 Å². The van der Waals surface area contributed by atoms with Crippen molar-refractivity contribution in [2.24, 2.45) is 0 Å². The fraction of sp³-hybridized carbons (Fsp3) is 0.345. The fourth-order valence-corrected chi connectivity index (χ4v) is 6.01. The second-order valence-electron chi connectivity index (χ2n) is 11.0. The molecule has 7 nitrogen and oxygen atoms in total. The number of benzene rings is 1. The van der Waals surface area contributed by atoms with E-state index in [1.807, 2.05) is 46.1 Å². The van der Waals surface area contributed by atoms with E-state index in [4.69, 9.17) is 26.4 Å². The number of hydrogen-bond acceptors (Lipinski definition) is 4. The Morgan fingerprint density at radius 2 is 1.97 bits per heavy atom. The first-order chi connectivity index (χ1) is 18.2. The van der Waals surface area contributed by atoms with Gasteiger partial charge in [0.2, 0.25) is 5.91 Å². The third-order valence-electron chi connectivity index (χ3n) is 7.04. The predicted molar refractivity (Wildman–Crippen MR) is 156 cm³/mol. The predicted octanol–water partition coefficient (Wildman–Crippen LogP) is 6.37. The second-order valence-corrected chi connectivity index (χ2v) is 17.1. The highest BCUT2D eigenvalue weighted by atomic mass is 35.5. The van der Waals surface area contributed by atoms with E-state index in [9.17, 15) is 4.79 Å². The molecular weight excluding hydrogens is 514 g/mol. The lowest BCUT2D eigenvalue weighted by atomic mass is 9.95. The van der Waals surface area contributed by atoms with Crippen molar-refractivity contribution in [1.82, 2.24) is 24.2 Å². The topological polar surface area (TPSA) is 65.2 Å². The molecule has 38 heavy (non-hydrogen) atoms. The average Bonchev–Trinajstić information content (AvgIpc) is 3.43. The van der Waals surface area contributed by atoms with Gasteiger partial charge in [0.05, 0.1) is 23.8 Å². The highest BCUT2D eigenvalue weighted by molar-refractivity contribution is 6.76. The third kappa shape index (κ3) is 5.08. The Labute approximate surface area is 229 Å². The molecule has 0 saturated carbocycles. The zero-order valence-corrected chi connectivity index (χ0v) is 24.3. The number of hydrogen-bond donors (Lipinski definition) is 0. The van der Waals surface area contributed by atoms with Gasteiger partial charge in [0.25, 0.3) is 0 Å². The summed E-state index contributed by atoms with van der Waals surface area (Å²) >= 11 is 6.68. The monoisotopic (exact) mass is 547 g/mol. The van der Waals surface area contributed by atoms with E-state index in [1.165, 1.54) is 6.08 Å². The summed E-state index contributed by atoms with van der Waals surface area (Å²) in [6.07, 6.45) is 5.32. The Balaban J connectivity index is 1.64. The molecule has 1 amide bonds. The molecule has 0 bridgehead atoms. The lowest BCUT2D eigenvalue weighted by Crippen LogP contribution is -2.37. The van der Waals surface area contributed by atoms with E-state index >= 15 is 0 Å². The summed E-state index contributed by atoms with van der Waals surface area (Å²) in [5.41, 5.74) is 6.64. The molecule has 0 spiro atoms. The van der Waals surface area contributed by atoms with Gasteiger partial charge in [-0.15, -0.1) is 0 Å². The third-order valence-corrected chi connectivity index (χ3v) is 9.07. The number of carbonyl (C=O) groups excluding carboxylic acids is 1. The van der Waals surface area contributed by atoms with Crippen LogP contribution in [0.4, 0.5) is 0 Å². The number of rotatable bonds is 8. The molecule has 0 N–H and O–H groups in total. The average molecular weight is 548 g/mol. The Hall–Kier alpha value is -3.20. The highest BCUT2D eigenvalue weighted by Gasteiger charge is 2.29. The summed E-state index contributed by atoms with van der Waals surface area (Å²) in [5, 5.41) is 6.72. The van der Waals surface area contributed by atoms with E-state index in [0.717, 1.165) is 57.3 Å². The summed E-state index contributed by atoms with van der Waals surface area (Å²) in [6, 6.07) is 10.9. The van der Waals surface area contributed by atoms with E-state index in [2.05, 4.69) is 43.9 Å². The van der Waals surface area contributed by atoms with Crippen LogP contribution in [0.15, 0.2) is 55.4 Å². The Morgan fingerprint density at radius 3 is 2.71 bits per heavy atom. The van der Waals surface area contributed by atoms with Gasteiger partial charge < -0.3 is 14.2 Å². The molecule has 1 aliphatic heterocycles. The first-order valence-corrected chi connectivity index (χ1v) is 17.0. The summed E-state index contributed by atoms with van der Waals surface area (Å²) in [6.45, 7) is 15.7. The van der Waals surface area contributed by atoms with Gasteiger partial charge in [0.1, 0.15) is 18.1 Å². The minimum Gasteiger partial charge on any atom is -0.361 e. The van der Waals surface area contributed by atoms with Gasteiger partial charge >= 0.3 is 0 Å². The SMILES string of the molecule is C=CC(=O)N1CCn2nc(-c3ccccc3Cl)c(-c3ccnc4c3c(C)cn4COCC[Si](C)(C)C)c2C1. The number of halogens is 1. The Morgan fingerprint density at radius 1 is 1.18 bits per heavy atom. The number of fused-ring (bicyclic) bond motifs is 2. The molecule has 4 aromatic rings. The normalized spacial score (nSPS) is 13.7. The first kappa shape index (κ1) is 26.4. The van der Waals surface area contributed by atoms with E-state index in [-0.39, 0.29) is 5.91 Å². The number of aromatic nitrogens is 4. The molecule has 198 valence electrons. The summed E-state index contributed by atoms with van der Waals surface area (Å²) in [4.78, 5) is 19.1. The minimum absolute atomic E-state index is 0.0830. The molecule has 0 aliphatic carbocycles. The molecule has 5 rings (SSSR count). The fourth-order valence-electron chi connectivity index (χ4n) is 5.02. The maximum Gasteiger partial charge on any atom is 0.246 e. The minimum atomic E-state index is -1.17. The van der Waals surface area contributed by atoms with E-state index < -0.39 is 8.07 Å². The number of amides is 1. The van der Waals surface area contributed by atoms with Crippen molar-refractivity contribution in [3.63, 3.8) is 0 Å². The molecule has 0 radical (unpaired) electrons. The van der Waals surface area contributed by atoms with Crippen LogP contribution in [0.3, 0.4) is 0 Å². The number of aryl methyl sites for hydroxylation is 1. The van der Waals surface area contributed by atoms with Gasteiger partial charge in [0, 0.05) is 50.1 Å². The van der Waals surface area contributed by atoms with Crippen LogP contribution >= 0.6 is 11.6 Å². The largest absolute Gasteiger partial charge is 0.361 e. The number of nitrogens with zero attached hydrogens (tertiary/aromatic N) is 5. The van der Waals surface area contributed by atoms with Crippen LogP contribution in [0, 0.1) is 6.92 Å². The van der Waals surface area contributed by atoms with E-state index in [1.54, 1.807) is 0 Å². The summed E-state index contributed by atoms with van der Waals surface area (Å²) in [5.74, 6) is -0.0830. The van der Waals surface area contributed by atoms with Crippen molar-refractivity contribution in [2.75, 3.05) is 13.2 Å². The molecule has 0 fully saturated rings. The Bertz CT molecular complexity index is 1520. The maximum absolute atomic E-state index is 12.5. The number of pyridine rings is 1. The van der Waals surface area contributed by atoms with Crippen molar-refractivity contribution in [3.8, 4) is 22.4 Å². The van der Waals surface area contributed by atoms with Crippen molar-refractivity contribution in [2.45, 2.75) is 52.4 Å². The van der Waals surface area contributed by atoms with Crippen LogP contribution in [0.2, 0.25) is 30.7 Å². The van der Waals surface area contributed by atoms with Gasteiger partial charge in [-0.3, -0.25) is 9.48 Å². The van der Waals surface area contributed by atoms with Crippen molar-refractivity contribution >= 4 is 36.6 Å². The van der Waals surface area contributed by atoms with Crippen LogP contribution in [0.25, 0.3) is 33.4 Å². The first-order valence-electron chi connectivity index (χ1n) is 13.0. The van der Waals surface area contributed by atoms with Crippen LogP contribution in [-0.2, 0) is 29.4 Å². The molecule has 3 aromatic heterocycles. The Kier molecular flexibility index (Phi) is 7.31. The molecule has 0 saturated heterocycles. The molecule has 1 aromatic carbocycles. The van der Waals surface area contributed by atoms with Crippen LogP contribution < -0.4 is 0 Å². The molecule has 1 aliphatic rings. The zero-order chi connectivity index (χ0) is 27.0. The smallest absolute Gasteiger partial charge is 0.246 e. The number of ether oxygens (including phenoxy) is 1. The van der Waals surface area contributed by atoms with Crippen LogP contribution in [-0.4, -0.2) is 51.4 Å². The lowest BCUT2D eigenvalue weighted by Gasteiger charge is -2.27. The van der Waals surface area contributed by atoms with Crippen molar-refractivity contribution in [1.29, 1.82) is 0 Å². The maximum atomic E-state index is 12.5. The zero-order valence-electron chi connectivity index (χ0n) is 22.5. The van der Waals surface area contributed by atoms with Crippen LogP contribution in [0.5, 0.6) is 0 Å². The van der Waals surface area contributed by atoms with Gasteiger partial charge in [-0.05, 0) is 42.3 Å². The summed E-state index contributed by atoms with van der Waals surface area (Å²) in [7, 11) is -1.17. The molecule has 0 atom stereocenters. The van der Waals surface area contributed by atoms with Crippen molar-refractivity contribution < 1.29 is 9.53 Å². The second kappa shape index (κ2) is 10.5. The van der Waals surface area contributed by atoms with Gasteiger partial charge in [-0.25, -0.2) is 4.98 Å². The molecule has 4 heterocycles. The lowest BCUT2D eigenvalue weighted by molar-refractivity contribution is -0.127. The standard InChI is InChI=1S/C29H34ClN5O2Si/c1-6-25(36)33-13-14-35-24(18-33)27(28(32-35)21-9-7-8-10-23(21)30)22-11-12-31-29-26(22)20(2)17-34(29)19-37-15-16-38(3,4)5/h6-12,17H,1,13-16,18-19H2,2-5H3. The number of carbonyl (C=O) groups is 1. The van der Waals surface area contributed by atoms with Gasteiger partial charge in [-0.1, -0.05) is 56.0 Å². The molecular formula is C29H34ClN5O2Si. The molecule has 0 unspecified atom stereocenters. The quantitative estimate of drug-likeness (QED) is 0.146. The van der Waals surface area contributed by atoms with Gasteiger partial charge in [0.15, 0.2) is 0 Å². The van der Waals surface area contributed by atoms with Gasteiger partial charge in [-0.2, -0.15) is 5.10 Å². The van der Waals surface area contributed by atoms with E-state index in [0.29, 0.717) is 31.4 Å². The highest BCUT2D eigenvalue weighted by Crippen LogP contribution is 2.42.